The maximum atomic E-state index is 12.5. The monoisotopic (exact) mass is 384 g/mol. The minimum atomic E-state index is -0.521. The van der Waals surface area contributed by atoms with Crippen molar-refractivity contribution in [2.24, 2.45) is 0 Å². The Balaban J connectivity index is 2.00. The van der Waals surface area contributed by atoms with Crippen LogP contribution in [-0.2, 0) is 13.1 Å². The second-order valence-corrected chi connectivity index (χ2v) is 6.64. The van der Waals surface area contributed by atoms with Gasteiger partial charge < -0.3 is 10.6 Å². The first kappa shape index (κ1) is 18.8. The molecule has 0 saturated carbocycles. The Morgan fingerprint density at radius 1 is 1.04 bits per heavy atom. The number of hydrogen-bond acceptors (Lipinski definition) is 4. The van der Waals surface area contributed by atoms with Crippen molar-refractivity contribution in [2.75, 3.05) is 17.2 Å². The molecule has 6 nitrogen and oxygen atoms in total. The number of aromatic amines is 1. The predicted octanol–water partition coefficient (Wildman–Crippen LogP) is 2.85. The van der Waals surface area contributed by atoms with E-state index in [1.54, 1.807) is 12.1 Å². The van der Waals surface area contributed by atoms with Crippen molar-refractivity contribution in [3.05, 3.63) is 91.6 Å². The van der Waals surface area contributed by atoms with Crippen LogP contribution in [0.2, 0.25) is 5.02 Å². The molecular formula is C20H21ClN4O2. The number of rotatable bonds is 6. The number of anilines is 2. The fraction of sp³-hybridized carbons (Fsp3) is 0.200. The summed E-state index contributed by atoms with van der Waals surface area (Å²) in [5, 5.41) is 0.649. The van der Waals surface area contributed by atoms with E-state index < -0.39 is 11.2 Å². The van der Waals surface area contributed by atoms with Gasteiger partial charge in [-0.05, 0) is 30.2 Å². The first-order valence-corrected chi connectivity index (χ1v) is 9.03. The number of halogens is 1. The predicted molar refractivity (Wildman–Crippen MR) is 109 cm³/mol. The molecule has 0 amide bonds. The number of nitrogens with one attached hydrogen (secondary N) is 1. The number of H-pyrrole nitrogens is 1. The molecule has 27 heavy (non-hydrogen) atoms. The van der Waals surface area contributed by atoms with Gasteiger partial charge in [-0.1, -0.05) is 54.1 Å². The van der Waals surface area contributed by atoms with Crippen LogP contribution in [0.5, 0.6) is 0 Å². The van der Waals surface area contributed by atoms with E-state index in [-0.39, 0.29) is 12.4 Å². The van der Waals surface area contributed by atoms with Crippen LogP contribution in [0.4, 0.5) is 11.5 Å². The zero-order valence-electron chi connectivity index (χ0n) is 15.0. The van der Waals surface area contributed by atoms with Crippen LogP contribution in [0.3, 0.4) is 0 Å². The van der Waals surface area contributed by atoms with E-state index in [1.807, 2.05) is 54.3 Å². The summed E-state index contributed by atoms with van der Waals surface area (Å²) in [7, 11) is 0. The molecule has 1 heterocycles. The number of nitrogen functional groups attached to an aromatic ring is 1. The van der Waals surface area contributed by atoms with Gasteiger partial charge in [-0.15, -0.1) is 0 Å². The smallest absolute Gasteiger partial charge is 0.330 e. The molecule has 0 radical (unpaired) electrons. The van der Waals surface area contributed by atoms with Crippen LogP contribution in [-0.4, -0.2) is 16.1 Å². The quantitative estimate of drug-likeness (QED) is 0.684. The Morgan fingerprint density at radius 2 is 1.70 bits per heavy atom. The van der Waals surface area contributed by atoms with E-state index in [0.29, 0.717) is 23.8 Å². The van der Waals surface area contributed by atoms with E-state index in [2.05, 4.69) is 4.98 Å². The molecule has 1 aromatic heterocycles. The summed E-state index contributed by atoms with van der Waals surface area (Å²) in [5.41, 5.74) is 7.46. The molecule has 2 aromatic carbocycles. The fourth-order valence-corrected chi connectivity index (χ4v) is 3.09. The Labute approximate surface area is 161 Å². The van der Waals surface area contributed by atoms with Crippen molar-refractivity contribution in [3.63, 3.8) is 0 Å². The lowest BCUT2D eigenvalue weighted by molar-refractivity contribution is 0.718. The standard InChI is InChI=1S/C20H21ClN4O2/c1-2-24(12-15-8-10-16(21)11-9-15)17-18(22)25(20(27)23-19(17)26)13-14-6-4-3-5-7-14/h3-11H,2,12-13,22H2,1H3,(H,23,26,27). The van der Waals surface area contributed by atoms with Crippen molar-refractivity contribution in [1.82, 2.24) is 9.55 Å². The van der Waals surface area contributed by atoms with E-state index in [0.717, 1.165) is 11.1 Å². The van der Waals surface area contributed by atoms with Crippen LogP contribution < -0.4 is 21.9 Å². The number of nitrogens with two attached hydrogens (primary N) is 1. The highest BCUT2D eigenvalue weighted by atomic mass is 35.5. The van der Waals surface area contributed by atoms with Gasteiger partial charge in [0.05, 0.1) is 6.54 Å². The third-order valence-corrected chi connectivity index (χ3v) is 4.63. The van der Waals surface area contributed by atoms with Crippen molar-refractivity contribution >= 4 is 23.1 Å². The Kier molecular flexibility index (Phi) is 5.66. The molecule has 0 aliphatic rings. The second-order valence-electron chi connectivity index (χ2n) is 6.21. The summed E-state index contributed by atoms with van der Waals surface area (Å²) in [4.78, 5) is 29.0. The number of nitrogens with zero attached hydrogens (tertiary/aromatic N) is 2. The lowest BCUT2D eigenvalue weighted by atomic mass is 10.2. The number of benzene rings is 2. The van der Waals surface area contributed by atoms with Crippen molar-refractivity contribution in [1.29, 1.82) is 0 Å². The Bertz CT molecular complexity index is 1030. The van der Waals surface area contributed by atoms with Crippen molar-refractivity contribution in [3.8, 4) is 0 Å². The Morgan fingerprint density at radius 3 is 2.33 bits per heavy atom. The maximum absolute atomic E-state index is 12.5. The first-order valence-electron chi connectivity index (χ1n) is 8.65. The molecule has 0 aliphatic heterocycles. The van der Waals surface area contributed by atoms with Gasteiger partial charge in [0.25, 0.3) is 5.56 Å². The third-order valence-electron chi connectivity index (χ3n) is 4.38. The highest BCUT2D eigenvalue weighted by molar-refractivity contribution is 6.30. The molecule has 0 unspecified atom stereocenters. The highest BCUT2D eigenvalue weighted by Crippen LogP contribution is 2.20. The van der Waals surface area contributed by atoms with Crippen LogP contribution >= 0.6 is 11.6 Å². The fourth-order valence-electron chi connectivity index (χ4n) is 2.97. The molecule has 7 heteroatoms. The highest BCUT2D eigenvalue weighted by Gasteiger charge is 2.18. The van der Waals surface area contributed by atoms with Gasteiger partial charge in [-0.3, -0.25) is 14.3 Å². The molecule has 3 rings (SSSR count). The lowest BCUT2D eigenvalue weighted by Gasteiger charge is -2.25. The van der Waals surface area contributed by atoms with Gasteiger partial charge in [-0.25, -0.2) is 4.79 Å². The summed E-state index contributed by atoms with van der Waals surface area (Å²) in [6, 6.07) is 16.9. The van der Waals surface area contributed by atoms with Crippen molar-refractivity contribution < 1.29 is 0 Å². The van der Waals surface area contributed by atoms with Crippen LogP contribution in [0.1, 0.15) is 18.1 Å². The van der Waals surface area contributed by atoms with Gasteiger partial charge in [0.1, 0.15) is 11.5 Å². The van der Waals surface area contributed by atoms with Crippen LogP contribution in [0, 0.1) is 0 Å². The largest absolute Gasteiger partial charge is 0.383 e. The van der Waals surface area contributed by atoms with E-state index in [4.69, 9.17) is 17.3 Å². The summed E-state index contributed by atoms with van der Waals surface area (Å²) in [6.45, 7) is 3.25. The third kappa shape index (κ3) is 4.23. The van der Waals surface area contributed by atoms with Gasteiger partial charge in [0, 0.05) is 18.1 Å². The summed E-state index contributed by atoms with van der Waals surface area (Å²) < 4.78 is 1.39. The molecule has 0 spiro atoms. The normalized spacial score (nSPS) is 10.7. The van der Waals surface area contributed by atoms with Gasteiger partial charge in [0.15, 0.2) is 0 Å². The summed E-state index contributed by atoms with van der Waals surface area (Å²) in [6.07, 6.45) is 0. The molecule has 0 aliphatic carbocycles. The molecule has 3 aromatic rings. The lowest BCUT2D eigenvalue weighted by Crippen LogP contribution is -2.38. The average Bonchev–Trinajstić information content (AvgIpc) is 2.66. The van der Waals surface area contributed by atoms with Gasteiger partial charge in [-0.2, -0.15) is 0 Å². The minimum Gasteiger partial charge on any atom is -0.383 e. The number of hydrogen-bond donors (Lipinski definition) is 2. The second kappa shape index (κ2) is 8.14. The first-order chi connectivity index (χ1) is 13.0. The zero-order chi connectivity index (χ0) is 19.4. The molecule has 0 atom stereocenters. The van der Waals surface area contributed by atoms with Crippen LogP contribution in [0.25, 0.3) is 0 Å². The topological polar surface area (TPSA) is 84.1 Å². The van der Waals surface area contributed by atoms with E-state index in [9.17, 15) is 9.59 Å². The molecule has 3 N–H and O–H groups in total. The van der Waals surface area contributed by atoms with Crippen LogP contribution in [0.15, 0.2) is 64.2 Å². The molecule has 0 fully saturated rings. The minimum absolute atomic E-state index is 0.156. The van der Waals surface area contributed by atoms with Crippen molar-refractivity contribution in [2.45, 2.75) is 20.0 Å². The average molecular weight is 385 g/mol. The maximum Gasteiger partial charge on any atom is 0.330 e. The summed E-state index contributed by atoms with van der Waals surface area (Å²) in [5.74, 6) is 0.156. The molecule has 0 bridgehead atoms. The van der Waals surface area contributed by atoms with E-state index in [1.165, 1.54) is 4.57 Å². The zero-order valence-corrected chi connectivity index (χ0v) is 15.7. The SMILES string of the molecule is CCN(Cc1ccc(Cl)cc1)c1c(N)n(Cc2ccccc2)c(=O)[nH]c1=O. The van der Waals surface area contributed by atoms with Gasteiger partial charge in [0.2, 0.25) is 0 Å². The van der Waals surface area contributed by atoms with Gasteiger partial charge >= 0.3 is 5.69 Å². The van der Waals surface area contributed by atoms with E-state index >= 15 is 0 Å². The molecule has 0 saturated heterocycles. The molecule has 140 valence electrons. The molecular weight excluding hydrogens is 364 g/mol. The number of aromatic nitrogens is 2. The summed E-state index contributed by atoms with van der Waals surface area (Å²) >= 11 is 5.94. The Hall–Kier alpha value is -2.99.